The van der Waals surface area contributed by atoms with Gasteiger partial charge in [0.1, 0.15) is 0 Å². The number of hydrogen-bond donors (Lipinski definition) is 1. The summed E-state index contributed by atoms with van der Waals surface area (Å²) in [5.74, 6) is 0. The normalized spacial score (nSPS) is 33.3. The average Bonchev–Trinajstić information content (AvgIpc) is 2.20. The van der Waals surface area contributed by atoms with Crippen LogP contribution >= 0.6 is 12.6 Å². The summed E-state index contributed by atoms with van der Waals surface area (Å²) in [5, 5.41) is 0. The van der Waals surface area contributed by atoms with Gasteiger partial charge in [0.05, 0.1) is 12.2 Å². The number of ether oxygens (including phenoxy) is 1. The second-order valence-corrected chi connectivity index (χ2v) is 2.33. The minimum absolute atomic E-state index is 0.523. The molecule has 1 fully saturated rings. The van der Waals surface area contributed by atoms with E-state index in [9.17, 15) is 0 Å². The Morgan fingerprint density at radius 3 is 1.56 bits per heavy atom. The van der Waals surface area contributed by atoms with E-state index in [1.807, 2.05) is 0 Å². The van der Waals surface area contributed by atoms with Crippen LogP contribution in [0.4, 0.5) is 0 Å². The number of thiol groups is 1. The van der Waals surface area contributed by atoms with E-state index in [1.165, 1.54) is 12.8 Å². The molecule has 0 amide bonds. The zero-order valence-corrected chi connectivity index (χ0v) is 7.32. The van der Waals surface area contributed by atoms with Crippen molar-refractivity contribution in [3.63, 3.8) is 0 Å². The van der Waals surface area contributed by atoms with Crippen molar-refractivity contribution in [2.75, 3.05) is 6.26 Å². The van der Waals surface area contributed by atoms with Gasteiger partial charge in [-0.2, -0.15) is 12.6 Å². The zero-order valence-electron chi connectivity index (χ0n) is 6.42. The van der Waals surface area contributed by atoms with Crippen LogP contribution in [0.3, 0.4) is 0 Å². The Balaban J connectivity index is 0.000000291. The minimum atomic E-state index is 0.523. The summed E-state index contributed by atoms with van der Waals surface area (Å²) in [4.78, 5) is 0. The fourth-order valence-corrected chi connectivity index (χ4v) is 1.00. The predicted octanol–water partition coefficient (Wildman–Crippen LogP) is 2.12. The fourth-order valence-electron chi connectivity index (χ4n) is 1.00. The summed E-state index contributed by atoms with van der Waals surface area (Å²) in [6.07, 6.45) is 5.24. The van der Waals surface area contributed by atoms with Crippen LogP contribution in [0.1, 0.15) is 26.7 Å². The average molecular weight is 148 g/mol. The standard InChI is InChI=1S/C6H12O.CH4S/c1-5-3-4-6(2)7-5;1-2/h5-6H,3-4H2,1-2H3;2H,1H3. The van der Waals surface area contributed by atoms with E-state index in [2.05, 4.69) is 26.5 Å². The van der Waals surface area contributed by atoms with Crippen LogP contribution in [0.25, 0.3) is 0 Å². The third-order valence-corrected chi connectivity index (χ3v) is 1.44. The van der Waals surface area contributed by atoms with Crippen molar-refractivity contribution in [1.82, 2.24) is 0 Å². The lowest BCUT2D eigenvalue weighted by atomic mass is 10.2. The summed E-state index contributed by atoms with van der Waals surface area (Å²) in [5.41, 5.74) is 0. The number of rotatable bonds is 0. The lowest BCUT2D eigenvalue weighted by molar-refractivity contribution is 0.0673. The van der Waals surface area contributed by atoms with Gasteiger partial charge in [0, 0.05) is 0 Å². The van der Waals surface area contributed by atoms with Crippen molar-refractivity contribution < 1.29 is 4.74 Å². The molecule has 2 unspecified atom stereocenters. The molecule has 56 valence electrons. The van der Waals surface area contributed by atoms with E-state index in [-0.39, 0.29) is 0 Å². The van der Waals surface area contributed by atoms with Gasteiger partial charge < -0.3 is 4.74 Å². The van der Waals surface area contributed by atoms with Gasteiger partial charge in [-0.05, 0) is 32.9 Å². The molecule has 1 rings (SSSR count). The lowest BCUT2D eigenvalue weighted by Crippen LogP contribution is -2.01. The van der Waals surface area contributed by atoms with E-state index >= 15 is 0 Å². The van der Waals surface area contributed by atoms with Crippen molar-refractivity contribution in [2.45, 2.75) is 38.9 Å². The molecule has 9 heavy (non-hydrogen) atoms. The topological polar surface area (TPSA) is 9.23 Å². The molecular formula is C7H16OS. The van der Waals surface area contributed by atoms with E-state index in [1.54, 1.807) is 6.26 Å². The highest BCUT2D eigenvalue weighted by Gasteiger charge is 2.16. The lowest BCUT2D eigenvalue weighted by Gasteiger charge is -2.01. The molecule has 0 aromatic carbocycles. The molecule has 1 heterocycles. The third kappa shape index (κ3) is 3.82. The number of hydrogen-bond acceptors (Lipinski definition) is 2. The highest BCUT2D eigenvalue weighted by molar-refractivity contribution is 7.79. The molecular weight excluding hydrogens is 132 g/mol. The summed E-state index contributed by atoms with van der Waals surface area (Å²) in [6, 6.07) is 0. The van der Waals surface area contributed by atoms with E-state index in [4.69, 9.17) is 4.74 Å². The Morgan fingerprint density at radius 2 is 1.44 bits per heavy atom. The molecule has 1 saturated heterocycles. The van der Waals surface area contributed by atoms with E-state index in [0.717, 1.165) is 0 Å². The summed E-state index contributed by atoms with van der Waals surface area (Å²) in [6.45, 7) is 4.26. The van der Waals surface area contributed by atoms with Crippen molar-refractivity contribution in [1.29, 1.82) is 0 Å². The second-order valence-electron chi connectivity index (χ2n) is 2.33. The van der Waals surface area contributed by atoms with Gasteiger partial charge in [-0.25, -0.2) is 0 Å². The van der Waals surface area contributed by atoms with Crippen LogP contribution < -0.4 is 0 Å². The summed E-state index contributed by atoms with van der Waals surface area (Å²) < 4.78 is 5.36. The molecule has 0 aromatic heterocycles. The Labute approximate surface area is 63.2 Å². The van der Waals surface area contributed by atoms with Crippen molar-refractivity contribution in [2.24, 2.45) is 0 Å². The van der Waals surface area contributed by atoms with Gasteiger partial charge in [-0.1, -0.05) is 0 Å². The molecule has 1 aliphatic heterocycles. The van der Waals surface area contributed by atoms with Crippen LogP contribution in [0.15, 0.2) is 0 Å². The van der Waals surface area contributed by atoms with Crippen LogP contribution in [0.2, 0.25) is 0 Å². The molecule has 1 aliphatic rings. The molecule has 0 spiro atoms. The highest BCUT2D eigenvalue weighted by Crippen LogP contribution is 2.17. The maximum atomic E-state index is 5.36. The van der Waals surface area contributed by atoms with Gasteiger partial charge >= 0.3 is 0 Å². The van der Waals surface area contributed by atoms with Gasteiger partial charge in [0.25, 0.3) is 0 Å². The highest BCUT2D eigenvalue weighted by atomic mass is 32.1. The Bertz CT molecular complexity index is 57.9. The quantitative estimate of drug-likeness (QED) is 0.518. The van der Waals surface area contributed by atoms with Crippen LogP contribution in [-0.4, -0.2) is 18.5 Å². The summed E-state index contributed by atoms with van der Waals surface area (Å²) in [7, 11) is 0. The molecule has 0 aliphatic carbocycles. The van der Waals surface area contributed by atoms with Crippen LogP contribution in [0, 0.1) is 0 Å². The molecule has 0 radical (unpaired) electrons. The van der Waals surface area contributed by atoms with Crippen LogP contribution in [-0.2, 0) is 4.74 Å². The monoisotopic (exact) mass is 148 g/mol. The van der Waals surface area contributed by atoms with Gasteiger partial charge in [0.15, 0.2) is 0 Å². The van der Waals surface area contributed by atoms with E-state index in [0.29, 0.717) is 12.2 Å². The minimum Gasteiger partial charge on any atom is -0.376 e. The molecule has 0 N–H and O–H groups in total. The van der Waals surface area contributed by atoms with Gasteiger partial charge in [-0.15, -0.1) is 0 Å². The van der Waals surface area contributed by atoms with Gasteiger partial charge in [0.2, 0.25) is 0 Å². The first-order valence-electron chi connectivity index (χ1n) is 3.39. The maximum absolute atomic E-state index is 5.36. The molecule has 2 atom stereocenters. The van der Waals surface area contributed by atoms with Crippen LogP contribution in [0.5, 0.6) is 0 Å². The second kappa shape index (κ2) is 5.12. The zero-order chi connectivity index (χ0) is 7.28. The maximum Gasteiger partial charge on any atom is 0.0551 e. The van der Waals surface area contributed by atoms with Crippen molar-refractivity contribution in [3.05, 3.63) is 0 Å². The Kier molecular flexibility index (Phi) is 5.30. The van der Waals surface area contributed by atoms with Gasteiger partial charge in [-0.3, -0.25) is 0 Å². The first-order chi connectivity index (χ1) is 4.29. The van der Waals surface area contributed by atoms with Crippen molar-refractivity contribution >= 4 is 12.6 Å². The predicted molar refractivity (Wildman–Crippen MR) is 44.2 cm³/mol. The first kappa shape index (κ1) is 9.31. The van der Waals surface area contributed by atoms with Crippen molar-refractivity contribution in [3.8, 4) is 0 Å². The Morgan fingerprint density at radius 1 is 1.11 bits per heavy atom. The smallest absolute Gasteiger partial charge is 0.0551 e. The molecule has 0 aromatic rings. The summed E-state index contributed by atoms with van der Waals surface area (Å²) >= 11 is 3.53. The largest absolute Gasteiger partial charge is 0.376 e. The molecule has 1 nitrogen and oxygen atoms in total. The SMILES string of the molecule is CC1CCC(C)O1.CS. The molecule has 0 bridgehead atoms. The fraction of sp³-hybridized carbons (Fsp3) is 1.00. The Hall–Kier alpha value is 0.310. The molecule has 0 saturated carbocycles. The molecule has 2 heteroatoms. The first-order valence-corrected chi connectivity index (χ1v) is 4.28. The third-order valence-electron chi connectivity index (χ3n) is 1.44. The van der Waals surface area contributed by atoms with E-state index < -0.39 is 0 Å².